The van der Waals surface area contributed by atoms with E-state index in [0.717, 1.165) is 11.1 Å². The van der Waals surface area contributed by atoms with E-state index in [1.807, 2.05) is 44.2 Å². The number of carbonyl (C=O) groups excluding carboxylic acids is 1. The minimum absolute atomic E-state index is 0.210. The van der Waals surface area contributed by atoms with Crippen molar-refractivity contribution in [3.63, 3.8) is 0 Å². The lowest BCUT2D eigenvalue weighted by atomic mass is 10.2. The highest BCUT2D eigenvalue weighted by atomic mass is 16.5. The van der Waals surface area contributed by atoms with Crippen LogP contribution in [0.25, 0.3) is 0 Å². The van der Waals surface area contributed by atoms with Gasteiger partial charge in [0.15, 0.2) is 11.6 Å². The highest BCUT2D eigenvalue weighted by molar-refractivity contribution is 5.99. The summed E-state index contributed by atoms with van der Waals surface area (Å²) in [6.45, 7) is 4.16. The molecule has 4 heteroatoms. The van der Waals surface area contributed by atoms with Gasteiger partial charge in [-0.2, -0.15) is 0 Å². The van der Waals surface area contributed by atoms with Crippen molar-refractivity contribution >= 4 is 11.7 Å². The number of hydrogen-bond donors (Lipinski definition) is 1. The van der Waals surface area contributed by atoms with E-state index in [2.05, 4.69) is 10.3 Å². The molecule has 0 bridgehead atoms. The van der Waals surface area contributed by atoms with Gasteiger partial charge in [0.1, 0.15) is 6.61 Å². The van der Waals surface area contributed by atoms with Crippen LogP contribution >= 0.6 is 0 Å². The lowest BCUT2D eigenvalue weighted by Gasteiger charge is -2.10. The summed E-state index contributed by atoms with van der Waals surface area (Å²) in [7, 11) is 0. The summed E-state index contributed by atoms with van der Waals surface area (Å²) in [6, 6.07) is 13.4. The molecule has 0 fully saturated rings. The number of nitrogens with zero attached hydrogens (tertiary/aromatic N) is 1. The lowest BCUT2D eigenvalue weighted by Crippen LogP contribution is -2.11. The molecule has 4 nitrogen and oxygen atoms in total. The quantitative estimate of drug-likeness (QED) is 0.853. The van der Waals surface area contributed by atoms with Crippen LogP contribution in [-0.4, -0.2) is 10.9 Å². The maximum absolute atomic E-state index is 11.8. The van der Waals surface area contributed by atoms with Gasteiger partial charge in [-0.3, -0.25) is 4.79 Å². The molecule has 1 N–H and O–H groups in total. The minimum atomic E-state index is -0.210. The van der Waals surface area contributed by atoms with Gasteiger partial charge in [0.05, 0.1) is 0 Å². The Hall–Kier alpha value is -2.62. The van der Waals surface area contributed by atoms with Gasteiger partial charge >= 0.3 is 0 Å². The van der Waals surface area contributed by atoms with Crippen LogP contribution in [0.2, 0.25) is 0 Å². The molecule has 1 aromatic carbocycles. The standard InChI is InChI=1S/C17H18N2O2/c1-13(2)11-16(20)19-17-15(9-6-10-18-17)21-12-14-7-4-3-5-8-14/h3-11H,12H2,1-2H3,(H,18,19,20). The number of pyridine rings is 1. The van der Waals surface area contributed by atoms with E-state index in [0.29, 0.717) is 18.2 Å². The molecule has 0 aliphatic heterocycles. The van der Waals surface area contributed by atoms with E-state index in [1.54, 1.807) is 18.3 Å². The number of nitrogens with one attached hydrogen (secondary N) is 1. The fourth-order valence-corrected chi connectivity index (χ4v) is 1.75. The Kier molecular flexibility index (Phi) is 5.10. The number of ether oxygens (including phenoxy) is 1. The number of benzene rings is 1. The van der Waals surface area contributed by atoms with Gasteiger partial charge in [0.25, 0.3) is 0 Å². The minimum Gasteiger partial charge on any atom is -0.485 e. The Balaban J connectivity index is 2.06. The molecule has 1 aromatic heterocycles. The average Bonchev–Trinajstić information content (AvgIpc) is 2.46. The third-order valence-corrected chi connectivity index (χ3v) is 2.67. The zero-order valence-electron chi connectivity index (χ0n) is 12.2. The zero-order chi connectivity index (χ0) is 15.1. The predicted octanol–water partition coefficient (Wildman–Crippen LogP) is 3.57. The first-order valence-electron chi connectivity index (χ1n) is 6.73. The Labute approximate surface area is 124 Å². The summed E-state index contributed by atoms with van der Waals surface area (Å²) in [4.78, 5) is 15.9. The van der Waals surface area contributed by atoms with Crippen LogP contribution in [0.3, 0.4) is 0 Å². The number of aromatic nitrogens is 1. The van der Waals surface area contributed by atoms with Crippen LogP contribution in [0.1, 0.15) is 19.4 Å². The molecule has 2 aromatic rings. The van der Waals surface area contributed by atoms with E-state index >= 15 is 0 Å². The maximum Gasteiger partial charge on any atom is 0.249 e. The molecular weight excluding hydrogens is 264 g/mol. The number of rotatable bonds is 5. The van der Waals surface area contributed by atoms with Gasteiger partial charge in [-0.25, -0.2) is 4.98 Å². The molecule has 1 amide bonds. The van der Waals surface area contributed by atoms with Crippen LogP contribution in [0.15, 0.2) is 60.3 Å². The van der Waals surface area contributed by atoms with Crippen molar-refractivity contribution in [2.45, 2.75) is 20.5 Å². The van der Waals surface area contributed by atoms with Crippen molar-refractivity contribution in [1.29, 1.82) is 0 Å². The number of hydrogen-bond acceptors (Lipinski definition) is 3. The van der Waals surface area contributed by atoms with Crippen LogP contribution in [0, 0.1) is 0 Å². The van der Waals surface area contributed by atoms with Crippen LogP contribution in [0.4, 0.5) is 5.82 Å². The SMILES string of the molecule is CC(C)=CC(=O)Nc1ncccc1OCc1ccccc1. The number of carbonyl (C=O) groups is 1. The van der Waals surface area contributed by atoms with Crippen molar-refractivity contribution in [3.05, 3.63) is 65.9 Å². The predicted molar refractivity (Wildman–Crippen MR) is 83.1 cm³/mol. The Bertz CT molecular complexity index is 632. The fourth-order valence-electron chi connectivity index (χ4n) is 1.75. The third-order valence-electron chi connectivity index (χ3n) is 2.67. The summed E-state index contributed by atoms with van der Waals surface area (Å²) in [5.41, 5.74) is 1.98. The van der Waals surface area contributed by atoms with Gasteiger partial charge in [-0.05, 0) is 31.5 Å². The molecule has 0 spiro atoms. The number of anilines is 1. The lowest BCUT2D eigenvalue weighted by molar-refractivity contribution is -0.112. The second-order valence-electron chi connectivity index (χ2n) is 4.84. The first-order chi connectivity index (χ1) is 10.1. The molecule has 0 saturated heterocycles. The summed E-state index contributed by atoms with van der Waals surface area (Å²) < 4.78 is 5.73. The van der Waals surface area contributed by atoms with Gasteiger partial charge in [-0.15, -0.1) is 0 Å². The van der Waals surface area contributed by atoms with E-state index < -0.39 is 0 Å². The van der Waals surface area contributed by atoms with Gasteiger partial charge < -0.3 is 10.1 Å². The van der Waals surface area contributed by atoms with E-state index in [9.17, 15) is 4.79 Å². The van der Waals surface area contributed by atoms with Gasteiger partial charge in [0.2, 0.25) is 5.91 Å². The summed E-state index contributed by atoms with van der Waals surface area (Å²) in [5.74, 6) is 0.769. The molecule has 0 aliphatic rings. The smallest absolute Gasteiger partial charge is 0.249 e. The highest BCUT2D eigenvalue weighted by Crippen LogP contribution is 2.22. The summed E-state index contributed by atoms with van der Waals surface area (Å²) >= 11 is 0. The molecular formula is C17H18N2O2. The molecule has 0 aliphatic carbocycles. The maximum atomic E-state index is 11.8. The second-order valence-corrected chi connectivity index (χ2v) is 4.84. The van der Waals surface area contributed by atoms with Gasteiger partial charge in [0, 0.05) is 12.3 Å². The molecule has 21 heavy (non-hydrogen) atoms. The Morgan fingerprint density at radius 2 is 1.95 bits per heavy atom. The molecule has 0 saturated carbocycles. The zero-order valence-corrected chi connectivity index (χ0v) is 12.2. The number of amides is 1. The van der Waals surface area contributed by atoms with Crippen molar-refractivity contribution in [2.24, 2.45) is 0 Å². The molecule has 0 radical (unpaired) electrons. The van der Waals surface area contributed by atoms with Crippen molar-refractivity contribution in [1.82, 2.24) is 4.98 Å². The van der Waals surface area contributed by atoms with E-state index in [-0.39, 0.29) is 5.91 Å². The highest BCUT2D eigenvalue weighted by Gasteiger charge is 2.07. The molecule has 1 heterocycles. The first-order valence-corrected chi connectivity index (χ1v) is 6.73. The molecule has 0 unspecified atom stereocenters. The first kappa shape index (κ1) is 14.8. The normalized spacial score (nSPS) is 9.81. The Morgan fingerprint density at radius 1 is 1.19 bits per heavy atom. The largest absolute Gasteiger partial charge is 0.485 e. The summed E-state index contributed by atoms with van der Waals surface area (Å²) in [5, 5.41) is 2.73. The average molecular weight is 282 g/mol. The van der Waals surface area contributed by atoms with Crippen LogP contribution < -0.4 is 10.1 Å². The van der Waals surface area contributed by atoms with Crippen molar-refractivity contribution in [2.75, 3.05) is 5.32 Å². The molecule has 108 valence electrons. The van der Waals surface area contributed by atoms with Crippen molar-refractivity contribution < 1.29 is 9.53 Å². The summed E-state index contributed by atoms with van der Waals surface area (Å²) in [6.07, 6.45) is 3.14. The van der Waals surface area contributed by atoms with Gasteiger partial charge in [-0.1, -0.05) is 35.9 Å². The monoisotopic (exact) mass is 282 g/mol. The van der Waals surface area contributed by atoms with Crippen LogP contribution in [-0.2, 0) is 11.4 Å². The van der Waals surface area contributed by atoms with E-state index in [1.165, 1.54) is 6.08 Å². The fraction of sp³-hybridized carbons (Fsp3) is 0.176. The second kappa shape index (κ2) is 7.24. The topological polar surface area (TPSA) is 51.2 Å². The number of allylic oxidation sites excluding steroid dienone is 1. The molecule has 2 rings (SSSR count). The molecule has 0 atom stereocenters. The Morgan fingerprint density at radius 3 is 2.67 bits per heavy atom. The van der Waals surface area contributed by atoms with Crippen molar-refractivity contribution in [3.8, 4) is 5.75 Å². The van der Waals surface area contributed by atoms with Crippen LogP contribution in [0.5, 0.6) is 5.75 Å². The van der Waals surface area contributed by atoms with E-state index in [4.69, 9.17) is 4.74 Å². The third kappa shape index (κ3) is 4.76.